The Morgan fingerprint density at radius 3 is 2.83 bits per heavy atom. The first-order valence-corrected chi connectivity index (χ1v) is 7.91. The van der Waals surface area contributed by atoms with Crippen molar-refractivity contribution < 1.29 is 23.5 Å². The van der Waals surface area contributed by atoms with Gasteiger partial charge in [-0.3, -0.25) is 14.5 Å². The van der Waals surface area contributed by atoms with E-state index in [1.807, 2.05) is 0 Å². The van der Waals surface area contributed by atoms with Crippen molar-refractivity contribution in [3.05, 3.63) is 40.7 Å². The molecule has 1 aliphatic heterocycles. The summed E-state index contributed by atoms with van der Waals surface area (Å²) in [5.41, 5.74) is 0.759. The third kappa shape index (κ3) is 3.92. The highest BCUT2D eigenvalue weighted by atomic mass is 32.2. The summed E-state index contributed by atoms with van der Waals surface area (Å²) in [4.78, 5) is 37.3. The van der Waals surface area contributed by atoms with Crippen LogP contribution in [0.15, 0.2) is 39.4 Å². The van der Waals surface area contributed by atoms with Gasteiger partial charge in [-0.15, -0.1) is 0 Å². The number of allylic oxidation sites excluding steroid dienone is 2. The Morgan fingerprint density at radius 2 is 2.22 bits per heavy atom. The van der Waals surface area contributed by atoms with Crippen molar-refractivity contribution in [1.82, 2.24) is 4.90 Å². The van der Waals surface area contributed by atoms with Gasteiger partial charge in [-0.25, -0.2) is 4.79 Å². The van der Waals surface area contributed by atoms with Crippen LogP contribution in [-0.2, 0) is 14.3 Å². The molecule has 23 heavy (non-hydrogen) atoms. The summed E-state index contributed by atoms with van der Waals surface area (Å²) >= 11 is 0.806. The zero-order valence-electron chi connectivity index (χ0n) is 13.1. The zero-order valence-corrected chi connectivity index (χ0v) is 13.9. The van der Waals surface area contributed by atoms with E-state index in [0.29, 0.717) is 5.76 Å². The van der Waals surface area contributed by atoms with Gasteiger partial charge in [0.1, 0.15) is 11.8 Å². The van der Waals surface area contributed by atoms with Crippen molar-refractivity contribution in [1.29, 1.82) is 0 Å². The number of furan rings is 1. The van der Waals surface area contributed by atoms with E-state index in [1.165, 1.54) is 6.92 Å². The lowest BCUT2D eigenvalue weighted by atomic mass is 10.2. The van der Waals surface area contributed by atoms with E-state index in [0.717, 1.165) is 22.2 Å². The van der Waals surface area contributed by atoms with Gasteiger partial charge in [-0.05, 0) is 62.4 Å². The van der Waals surface area contributed by atoms with Crippen LogP contribution in [0.2, 0.25) is 0 Å². The first-order valence-electron chi connectivity index (χ1n) is 7.09. The molecule has 1 saturated heterocycles. The monoisotopic (exact) mass is 335 g/mol. The van der Waals surface area contributed by atoms with Crippen molar-refractivity contribution in [2.24, 2.45) is 0 Å². The second kappa shape index (κ2) is 7.32. The van der Waals surface area contributed by atoms with Gasteiger partial charge in [0.05, 0.1) is 17.8 Å². The van der Waals surface area contributed by atoms with Gasteiger partial charge in [0.2, 0.25) is 0 Å². The zero-order chi connectivity index (χ0) is 17.0. The molecule has 1 unspecified atom stereocenters. The molecule has 122 valence electrons. The standard InChI is InChI=1S/C16H17NO5S/c1-4-21-15(19)11(3)17-14(18)13(23-16(17)20)9-10(2)8-12-6-5-7-22-12/h5-9,11H,4H2,1-3H3/b10-8+,13-9+. The number of carbonyl (C=O) groups excluding carboxylic acids is 3. The Balaban J connectivity index is 2.17. The molecule has 6 nitrogen and oxygen atoms in total. The van der Waals surface area contributed by atoms with E-state index in [1.54, 1.807) is 44.4 Å². The molecule has 0 N–H and O–H groups in total. The van der Waals surface area contributed by atoms with Crippen LogP contribution >= 0.6 is 11.8 Å². The molecule has 1 aromatic heterocycles. The van der Waals surface area contributed by atoms with Crippen LogP contribution in [0.3, 0.4) is 0 Å². The van der Waals surface area contributed by atoms with E-state index in [9.17, 15) is 14.4 Å². The molecule has 1 aromatic rings. The van der Waals surface area contributed by atoms with Gasteiger partial charge in [-0.2, -0.15) is 0 Å². The lowest BCUT2D eigenvalue weighted by Gasteiger charge is -2.19. The average molecular weight is 335 g/mol. The Morgan fingerprint density at radius 1 is 1.48 bits per heavy atom. The number of nitrogens with zero attached hydrogens (tertiary/aromatic N) is 1. The van der Waals surface area contributed by atoms with E-state index in [4.69, 9.17) is 9.15 Å². The second-order valence-corrected chi connectivity index (χ2v) is 5.88. The molecule has 1 aliphatic rings. The fraction of sp³-hybridized carbons (Fsp3) is 0.312. The molecular weight excluding hydrogens is 318 g/mol. The lowest BCUT2D eigenvalue weighted by Crippen LogP contribution is -2.42. The highest BCUT2D eigenvalue weighted by Gasteiger charge is 2.41. The van der Waals surface area contributed by atoms with Crippen LogP contribution in [0.1, 0.15) is 26.5 Å². The minimum atomic E-state index is -0.942. The number of hydrogen-bond donors (Lipinski definition) is 0. The third-order valence-electron chi connectivity index (χ3n) is 3.11. The fourth-order valence-corrected chi connectivity index (χ4v) is 2.99. The number of amides is 2. The lowest BCUT2D eigenvalue weighted by molar-refractivity contribution is -0.150. The minimum Gasteiger partial charge on any atom is -0.465 e. The summed E-state index contributed by atoms with van der Waals surface area (Å²) < 4.78 is 10.1. The molecule has 2 rings (SSSR count). The Bertz CT molecular complexity index is 675. The summed E-state index contributed by atoms with van der Waals surface area (Å²) in [6, 6.07) is 2.60. The normalized spacial score (nSPS) is 18.7. The number of carbonyl (C=O) groups is 3. The number of imide groups is 1. The van der Waals surface area contributed by atoms with Gasteiger partial charge >= 0.3 is 5.97 Å². The van der Waals surface area contributed by atoms with Crippen molar-refractivity contribution in [3.8, 4) is 0 Å². The Kier molecular flexibility index (Phi) is 5.44. The van der Waals surface area contributed by atoms with Gasteiger partial charge < -0.3 is 9.15 Å². The van der Waals surface area contributed by atoms with Crippen LogP contribution in [-0.4, -0.2) is 34.7 Å². The number of thioether (sulfide) groups is 1. The van der Waals surface area contributed by atoms with E-state index in [-0.39, 0.29) is 11.5 Å². The van der Waals surface area contributed by atoms with Crippen molar-refractivity contribution in [3.63, 3.8) is 0 Å². The second-order valence-electron chi connectivity index (χ2n) is 4.88. The summed E-state index contributed by atoms with van der Waals surface area (Å²) in [5.74, 6) is -0.440. The van der Waals surface area contributed by atoms with Crippen molar-refractivity contribution in [2.45, 2.75) is 26.8 Å². The number of rotatable bonds is 5. The van der Waals surface area contributed by atoms with Crippen LogP contribution < -0.4 is 0 Å². The number of hydrogen-bond acceptors (Lipinski definition) is 6. The molecular formula is C16H17NO5S. The van der Waals surface area contributed by atoms with Crippen molar-refractivity contribution in [2.75, 3.05) is 6.61 Å². The summed E-state index contributed by atoms with van der Waals surface area (Å²) in [6.45, 7) is 5.13. The van der Waals surface area contributed by atoms with Crippen LogP contribution in [0, 0.1) is 0 Å². The van der Waals surface area contributed by atoms with Gasteiger partial charge in [-0.1, -0.05) is 0 Å². The highest BCUT2D eigenvalue weighted by Crippen LogP contribution is 2.33. The Hall–Kier alpha value is -2.28. The molecule has 0 aliphatic carbocycles. The summed E-state index contributed by atoms with van der Waals surface area (Å²) in [5, 5.41) is -0.479. The van der Waals surface area contributed by atoms with Gasteiger partial charge in [0.25, 0.3) is 11.1 Å². The fourth-order valence-electron chi connectivity index (χ4n) is 2.03. The minimum absolute atomic E-state index is 0.195. The predicted octanol–water partition coefficient (Wildman–Crippen LogP) is 3.21. The third-order valence-corrected chi connectivity index (χ3v) is 3.99. The Labute approximate surface area is 138 Å². The van der Waals surface area contributed by atoms with Crippen molar-refractivity contribution >= 4 is 35.0 Å². The molecule has 7 heteroatoms. The van der Waals surface area contributed by atoms with Gasteiger partial charge in [0.15, 0.2) is 0 Å². The van der Waals surface area contributed by atoms with Crippen LogP contribution in [0.25, 0.3) is 6.08 Å². The van der Waals surface area contributed by atoms with Gasteiger partial charge in [0, 0.05) is 0 Å². The average Bonchev–Trinajstić information content (AvgIpc) is 3.08. The molecule has 1 fully saturated rings. The molecule has 0 saturated carbocycles. The smallest absolute Gasteiger partial charge is 0.329 e. The molecule has 2 amide bonds. The maximum atomic E-state index is 12.4. The van der Waals surface area contributed by atoms with E-state index >= 15 is 0 Å². The first kappa shape index (κ1) is 17.1. The topological polar surface area (TPSA) is 76.8 Å². The predicted molar refractivity (Wildman–Crippen MR) is 86.4 cm³/mol. The quantitative estimate of drug-likeness (QED) is 0.607. The van der Waals surface area contributed by atoms with Crippen LogP contribution in [0.5, 0.6) is 0 Å². The molecule has 0 spiro atoms. The molecule has 0 bridgehead atoms. The SMILES string of the molecule is CCOC(=O)C(C)N1C(=O)S/C(=C/C(C)=C/c2ccco2)C1=O. The number of ether oxygens (including phenoxy) is 1. The number of esters is 1. The molecule has 2 heterocycles. The largest absolute Gasteiger partial charge is 0.465 e. The summed E-state index contributed by atoms with van der Waals surface area (Å²) in [7, 11) is 0. The molecule has 0 aromatic carbocycles. The van der Waals surface area contributed by atoms with Crippen LogP contribution in [0.4, 0.5) is 4.79 Å². The molecule has 1 atom stereocenters. The van der Waals surface area contributed by atoms with E-state index < -0.39 is 23.2 Å². The first-order chi connectivity index (χ1) is 10.9. The maximum absolute atomic E-state index is 12.4. The highest BCUT2D eigenvalue weighted by molar-refractivity contribution is 8.18. The maximum Gasteiger partial charge on any atom is 0.329 e. The van der Waals surface area contributed by atoms with E-state index in [2.05, 4.69) is 0 Å². The molecule has 0 radical (unpaired) electrons. The summed E-state index contributed by atoms with van der Waals surface area (Å²) in [6.07, 6.45) is 4.90.